The van der Waals surface area contributed by atoms with E-state index in [1.54, 1.807) is 12.1 Å². The summed E-state index contributed by atoms with van der Waals surface area (Å²) in [6.07, 6.45) is 5.23. The molecule has 0 radical (unpaired) electrons. The van der Waals surface area contributed by atoms with Gasteiger partial charge >= 0.3 is 0 Å². The van der Waals surface area contributed by atoms with E-state index in [2.05, 4.69) is 23.7 Å². The smallest absolute Gasteiger partial charge is 0.212 e. The molecular formula is C19H19FN2O. The van der Waals surface area contributed by atoms with E-state index < -0.39 is 5.95 Å². The second-order valence-corrected chi connectivity index (χ2v) is 5.91. The summed E-state index contributed by atoms with van der Waals surface area (Å²) >= 11 is 0. The lowest BCUT2D eigenvalue weighted by Crippen LogP contribution is -2.29. The maximum absolute atomic E-state index is 13.0. The van der Waals surface area contributed by atoms with Crippen molar-refractivity contribution in [2.75, 3.05) is 11.4 Å². The van der Waals surface area contributed by atoms with E-state index in [4.69, 9.17) is 0 Å². The molecule has 2 aromatic rings. The van der Waals surface area contributed by atoms with Gasteiger partial charge in [-0.1, -0.05) is 26.0 Å². The SMILES string of the molecule is CC(C)C1=CC=C(O)CN1c1cccc(-c2ccc(F)nc2)c1. The molecule has 0 saturated heterocycles. The van der Waals surface area contributed by atoms with Crippen molar-refractivity contribution in [1.82, 2.24) is 4.98 Å². The molecule has 0 amide bonds. The van der Waals surface area contributed by atoms with Crippen LogP contribution >= 0.6 is 0 Å². The average molecular weight is 310 g/mol. The summed E-state index contributed by atoms with van der Waals surface area (Å²) < 4.78 is 13.0. The Bertz CT molecular complexity index is 763. The standard InChI is InChI=1S/C19H19FN2O/c1-13(2)18-8-7-17(23)12-22(18)16-5-3-4-14(10-16)15-6-9-19(20)21-11-15/h3-11,13,23H,12H2,1-2H3. The highest BCUT2D eigenvalue weighted by Gasteiger charge is 2.19. The normalized spacial score (nSPS) is 14.7. The maximum atomic E-state index is 13.0. The fraction of sp³-hybridized carbons (Fsp3) is 0.211. The second-order valence-electron chi connectivity index (χ2n) is 5.91. The van der Waals surface area contributed by atoms with Gasteiger partial charge in [0.15, 0.2) is 0 Å². The van der Waals surface area contributed by atoms with Gasteiger partial charge in [0, 0.05) is 23.1 Å². The quantitative estimate of drug-likeness (QED) is 0.836. The molecule has 0 atom stereocenters. The summed E-state index contributed by atoms with van der Waals surface area (Å²) in [5.74, 6) is 0.194. The molecule has 3 nitrogen and oxygen atoms in total. The van der Waals surface area contributed by atoms with Crippen LogP contribution in [-0.4, -0.2) is 16.6 Å². The third-order valence-corrected chi connectivity index (χ3v) is 3.89. The van der Waals surface area contributed by atoms with Crippen molar-refractivity contribution in [3.63, 3.8) is 0 Å². The summed E-state index contributed by atoms with van der Waals surface area (Å²) in [4.78, 5) is 5.81. The lowest BCUT2D eigenvalue weighted by atomic mass is 10.0. The lowest BCUT2D eigenvalue weighted by molar-refractivity contribution is 0.397. The number of aromatic nitrogens is 1. The molecule has 0 unspecified atom stereocenters. The molecule has 1 aliphatic heterocycles. The third kappa shape index (κ3) is 3.26. The van der Waals surface area contributed by atoms with Crippen molar-refractivity contribution in [2.24, 2.45) is 5.92 Å². The Morgan fingerprint density at radius 1 is 1.13 bits per heavy atom. The number of aliphatic hydroxyl groups excluding tert-OH is 1. The molecule has 4 heteroatoms. The first-order chi connectivity index (χ1) is 11.0. The zero-order chi connectivity index (χ0) is 16.4. The van der Waals surface area contributed by atoms with E-state index >= 15 is 0 Å². The number of allylic oxidation sites excluding steroid dienone is 3. The molecule has 0 aliphatic carbocycles. The molecule has 0 bridgehead atoms. The van der Waals surface area contributed by atoms with Crippen LogP contribution in [0.3, 0.4) is 0 Å². The molecular weight excluding hydrogens is 291 g/mol. The van der Waals surface area contributed by atoms with Crippen LogP contribution in [-0.2, 0) is 0 Å². The van der Waals surface area contributed by atoms with E-state index in [9.17, 15) is 9.50 Å². The highest BCUT2D eigenvalue weighted by Crippen LogP contribution is 2.30. The molecule has 0 saturated carbocycles. The molecule has 0 fully saturated rings. The Morgan fingerprint density at radius 3 is 2.65 bits per heavy atom. The first-order valence-electron chi connectivity index (χ1n) is 7.64. The highest BCUT2D eigenvalue weighted by atomic mass is 19.1. The number of nitrogens with zero attached hydrogens (tertiary/aromatic N) is 2. The van der Waals surface area contributed by atoms with E-state index in [1.165, 1.54) is 12.3 Å². The zero-order valence-corrected chi connectivity index (χ0v) is 13.2. The van der Waals surface area contributed by atoms with Crippen LogP contribution < -0.4 is 4.90 Å². The Kier molecular flexibility index (Phi) is 4.15. The second kappa shape index (κ2) is 6.24. The average Bonchev–Trinajstić information content (AvgIpc) is 2.55. The number of pyridine rings is 1. The molecule has 2 heterocycles. The van der Waals surface area contributed by atoms with Crippen molar-refractivity contribution < 1.29 is 9.50 Å². The van der Waals surface area contributed by atoms with Gasteiger partial charge in [-0.15, -0.1) is 0 Å². The molecule has 1 aromatic heterocycles. The fourth-order valence-corrected chi connectivity index (χ4v) is 2.72. The molecule has 1 aliphatic rings. The number of hydrogen-bond acceptors (Lipinski definition) is 3. The summed E-state index contributed by atoms with van der Waals surface area (Å²) in [7, 11) is 0. The lowest BCUT2D eigenvalue weighted by Gasteiger charge is -2.32. The maximum Gasteiger partial charge on any atom is 0.212 e. The molecule has 3 rings (SSSR count). The van der Waals surface area contributed by atoms with Gasteiger partial charge in [0.2, 0.25) is 5.95 Å². The van der Waals surface area contributed by atoms with E-state index in [0.29, 0.717) is 18.2 Å². The molecule has 0 spiro atoms. The first kappa shape index (κ1) is 15.3. The minimum atomic E-state index is -0.485. The minimum Gasteiger partial charge on any atom is -0.510 e. The number of aliphatic hydroxyl groups is 1. The number of hydrogen-bond donors (Lipinski definition) is 1. The number of rotatable bonds is 3. The first-order valence-corrected chi connectivity index (χ1v) is 7.64. The molecule has 1 aromatic carbocycles. The van der Waals surface area contributed by atoms with Crippen LogP contribution in [0, 0.1) is 11.9 Å². The van der Waals surface area contributed by atoms with Gasteiger partial charge in [0.05, 0.1) is 6.54 Å². The van der Waals surface area contributed by atoms with Gasteiger partial charge in [-0.3, -0.25) is 0 Å². The van der Waals surface area contributed by atoms with Gasteiger partial charge in [-0.2, -0.15) is 4.39 Å². The Morgan fingerprint density at radius 2 is 1.96 bits per heavy atom. The van der Waals surface area contributed by atoms with Gasteiger partial charge in [0.1, 0.15) is 5.76 Å². The summed E-state index contributed by atoms with van der Waals surface area (Å²) in [5.41, 5.74) is 3.97. The highest BCUT2D eigenvalue weighted by molar-refractivity contribution is 5.69. The zero-order valence-electron chi connectivity index (χ0n) is 13.2. The largest absolute Gasteiger partial charge is 0.510 e. The molecule has 1 N–H and O–H groups in total. The fourth-order valence-electron chi connectivity index (χ4n) is 2.72. The monoisotopic (exact) mass is 310 g/mol. The van der Waals surface area contributed by atoms with Crippen molar-refractivity contribution in [3.8, 4) is 11.1 Å². The summed E-state index contributed by atoms with van der Waals surface area (Å²) in [5, 5.41) is 9.88. The predicted molar refractivity (Wildman–Crippen MR) is 90.6 cm³/mol. The number of anilines is 1. The van der Waals surface area contributed by atoms with Crippen molar-refractivity contribution in [3.05, 3.63) is 72.2 Å². The van der Waals surface area contributed by atoms with Crippen molar-refractivity contribution in [1.29, 1.82) is 0 Å². The number of halogens is 1. The van der Waals surface area contributed by atoms with Gasteiger partial charge in [-0.25, -0.2) is 4.98 Å². The van der Waals surface area contributed by atoms with Crippen LogP contribution in [0.1, 0.15) is 13.8 Å². The van der Waals surface area contributed by atoms with Crippen LogP contribution in [0.4, 0.5) is 10.1 Å². The van der Waals surface area contributed by atoms with Gasteiger partial charge in [-0.05, 0) is 47.9 Å². The topological polar surface area (TPSA) is 36.4 Å². The van der Waals surface area contributed by atoms with Crippen molar-refractivity contribution in [2.45, 2.75) is 13.8 Å². The van der Waals surface area contributed by atoms with Crippen LogP contribution in [0.5, 0.6) is 0 Å². The Balaban J connectivity index is 1.98. The summed E-state index contributed by atoms with van der Waals surface area (Å²) in [6, 6.07) is 11.0. The van der Waals surface area contributed by atoms with Crippen LogP contribution in [0.2, 0.25) is 0 Å². The number of benzene rings is 1. The molecule has 23 heavy (non-hydrogen) atoms. The summed E-state index contributed by atoms with van der Waals surface area (Å²) in [6.45, 7) is 4.71. The Labute approximate surface area is 135 Å². The van der Waals surface area contributed by atoms with Crippen molar-refractivity contribution >= 4 is 5.69 Å². The Hall–Kier alpha value is -2.62. The third-order valence-electron chi connectivity index (χ3n) is 3.89. The predicted octanol–water partition coefficient (Wildman–Crippen LogP) is 4.69. The van der Waals surface area contributed by atoms with Crippen LogP contribution in [0.15, 0.2) is 66.2 Å². The van der Waals surface area contributed by atoms with E-state index in [1.807, 2.05) is 30.3 Å². The minimum absolute atomic E-state index is 0.336. The van der Waals surface area contributed by atoms with Gasteiger partial charge in [0.25, 0.3) is 0 Å². The van der Waals surface area contributed by atoms with Crippen LogP contribution in [0.25, 0.3) is 11.1 Å². The van der Waals surface area contributed by atoms with E-state index in [0.717, 1.165) is 22.5 Å². The van der Waals surface area contributed by atoms with E-state index in [-0.39, 0.29) is 0 Å². The molecule has 118 valence electrons. The van der Waals surface area contributed by atoms with Gasteiger partial charge < -0.3 is 10.0 Å².